The van der Waals surface area contributed by atoms with Gasteiger partial charge in [-0.1, -0.05) is 0 Å². The monoisotopic (exact) mass is 207 g/mol. The van der Waals surface area contributed by atoms with Gasteiger partial charge in [-0.25, -0.2) is 9.97 Å². The summed E-state index contributed by atoms with van der Waals surface area (Å²) in [6, 6.07) is 1.65. The molecule has 0 aromatic carbocycles. The lowest BCUT2D eigenvalue weighted by Gasteiger charge is -2.03. The summed E-state index contributed by atoms with van der Waals surface area (Å²) < 4.78 is 0. The van der Waals surface area contributed by atoms with Crippen LogP contribution in [0.25, 0.3) is 0 Å². The fraction of sp³-hybridized carbons (Fsp3) is 0.500. The standard InChI is InChI=1S/C10H13N3O2/c11-8-5-7(3-4-9(14)15)12-10(13-8)6-1-2-6/h5-6H,1-4H2,(H,14,15)(H2,11,12,13). The third-order valence-corrected chi connectivity index (χ3v) is 2.35. The number of nitrogen functional groups attached to an aromatic ring is 1. The third-order valence-electron chi connectivity index (χ3n) is 2.35. The lowest BCUT2D eigenvalue weighted by Crippen LogP contribution is -2.05. The molecule has 5 nitrogen and oxygen atoms in total. The average Bonchev–Trinajstić information content (AvgIpc) is 2.97. The van der Waals surface area contributed by atoms with E-state index in [9.17, 15) is 4.79 Å². The van der Waals surface area contributed by atoms with Crippen LogP contribution in [0.4, 0.5) is 5.82 Å². The summed E-state index contributed by atoms with van der Waals surface area (Å²) in [6.45, 7) is 0. The van der Waals surface area contributed by atoms with Crippen molar-refractivity contribution >= 4 is 11.8 Å². The van der Waals surface area contributed by atoms with Gasteiger partial charge in [-0.05, 0) is 12.8 Å². The van der Waals surface area contributed by atoms with Crippen molar-refractivity contribution in [3.63, 3.8) is 0 Å². The smallest absolute Gasteiger partial charge is 0.303 e. The van der Waals surface area contributed by atoms with Gasteiger partial charge in [0.05, 0.1) is 6.42 Å². The zero-order valence-corrected chi connectivity index (χ0v) is 8.31. The first-order valence-corrected chi connectivity index (χ1v) is 5.00. The van der Waals surface area contributed by atoms with Gasteiger partial charge in [0.2, 0.25) is 0 Å². The highest BCUT2D eigenvalue weighted by molar-refractivity contribution is 5.67. The minimum Gasteiger partial charge on any atom is -0.481 e. The molecular weight excluding hydrogens is 194 g/mol. The van der Waals surface area contributed by atoms with E-state index in [1.54, 1.807) is 6.07 Å². The van der Waals surface area contributed by atoms with Gasteiger partial charge in [0.15, 0.2) is 0 Å². The van der Waals surface area contributed by atoms with Gasteiger partial charge in [-0.15, -0.1) is 0 Å². The molecule has 1 aliphatic carbocycles. The third kappa shape index (κ3) is 2.65. The molecule has 0 radical (unpaired) electrons. The number of nitrogens with zero attached hydrogens (tertiary/aromatic N) is 2. The number of anilines is 1. The van der Waals surface area contributed by atoms with Gasteiger partial charge < -0.3 is 10.8 Å². The second-order valence-electron chi connectivity index (χ2n) is 3.81. The zero-order chi connectivity index (χ0) is 10.8. The number of nitrogens with two attached hydrogens (primary N) is 1. The SMILES string of the molecule is Nc1cc(CCC(=O)O)nc(C2CC2)n1. The number of aliphatic carboxylic acids is 1. The van der Waals surface area contributed by atoms with E-state index in [-0.39, 0.29) is 6.42 Å². The van der Waals surface area contributed by atoms with Crippen LogP contribution in [0.3, 0.4) is 0 Å². The Kier molecular flexibility index (Phi) is 2.53. The van der Waals surface area contributed by atoms with E-state index in [0.717, 1.165) is 24.4 Å². The van der Waals surface area contributed by atoms with Crippen LogP contribution < -0.4 is 5.73 Å². The van der Waals surface area contributed by atoms with Gasteiger partial charge in [0, 0.05) is 24.1 Å². The summed E-state index contributed by atoms with van der Waals surface area (Å²) in [4.78, 5) is 18.9. The molecule has 0 spiro atoms. The molecule has 1 fully saturated rings. The zero-order valence-electron chi connectivity index (χ0n) is 8.31. The van der Waals surface area contributed by atoms with Crippen LogP contribution in [0.5, 0.6) is 0 Å². The first-order chi connectivity index (χ1) is 7.15. The van der Waals surface area contributed by atoms with Crippen LogP contribution >= 0.6 is 0 Å². The molecule has 1 aromatic heterocycles. The number of carboxylic acids is 1. The molecule has 0 unspecified atom stereocenters. The molecule has 1 saturated carbocycles. The Morgan fingerprint density at radius 1 is 1.53 bits per heavy atom. The van der Waals surface area contributed by atoms with Crippen molar-refractivity contribution in [2.45, 2.75) is 31.6 Å². The molecule has 80 valence electrons. The van der Waals surface area contributed by atoms with E-state index in [1.165, 1.54) is 0 Å². The van der Waals surface area contributed by atoms with E-state index in [2.05, 4.69) is 9.97 Å². The summed E-state index contributed by atoms with van der Waals surface area (Å²) in [7, 11) is 0. The van der Waals surface area contributed by atoms with Gasteiger partial charge in [-0.2, -0.15) is 0 Å². The molecule has 2 rings (SSSR count). The Hall–Kier alpha value is -1.65. The number of aromatic nitrogens is 2. The summed E-state index contributed by atoms with van der Waals surface area (Å²) >= 11 is 0. The van der Waals surface area contributed by atoms with Crippen LogP contribution in [0.1, 0.15) is 36.7 Å². The summed E-state index contributed by atoms with van der Waals surface area (Å²) in [5.41, 5.74) is 6.36. The predicted octanol–water partition coefficient (Wildman–Crippen LogP) is 0.953. The Morgan fingerprint density at radius 2 is 2.27 bits per heavy atom. The highest BCUT2D eigenvalue weighted by Gasteiger charge is 2.27. The molecule has 1 aliphatic rings. The fourth-order valence-electron chi connectivity index (χ4n) is 1.43. The Bertz CT molecular complexity index is 388. The first-order valence-electron chi connectivity index (χ1n) is 5.00. The summed E-state index contributed by atoms with van der Waals surface area (Å²) in [5, 5.41) is 8.56. The second-order valence-corrected chi connectivity index (χ2v) is 3.81. The lowest BCUT2D eigenvalue weighted by atomic mass is 10.2. The highest BCUT2D eigenvalue weighted by atomic mass is 16.4. The minimum absolute atomic E-state index is 0.0839. The van der Waals surface area contributed by atoms with Crippen LogP contribution in [0.15, 0.2) is 6.07 Å². The van der Waals surface area contributed by atoms with Crippen molar-refractivity contribution in [2.24, 2.45) is 0 Å². The molecule has 15 heavy (non-hydrogen) atoms. The molecular formula is C10H13N3O2. The highest BCUT2D eigenvalue weighted by Crippen LogP contribution is 2.38. The average molecular weight is 207 g/mol. The molecule has 5 heteroatoms. The molecule has 0 bridgehead atoms. The van der Waals surface area contributed by atoms with E-state index in [4.69, 9.17) is 10.8 Å². The topological polar surface area (TPSA) is 89.1 Å². The number of rotatable bonds is 4. The van der Waals surface area contributed by atoms with Crippen molar-refractivity contribution < 1.29 is 9.90 Å². The quantitative estimate of drug-likeness (QED) is 0.767. The Balaban J connectivity index is 2.12. The Morgan fingerprint density at radius 3 is 2.87 bits per heavy atom. The second kappa shape index (κ2) is 3.84. The van der Waals surface area contributed by atoms with E-state index in [0.29, 0.717) is 18.2 Å². The van der Waals surface area contributed by atoms with E-state index in [1.807, 2.05) is 0 Å². The number of carboxylic acid groups (broad SMARTS) is 1. The van der Waals surface area contributed by atoms with Gasteiger partial charge in [0.25, 0.3) is 0 Å². The molecule has 0 atom stereocenters. The number of hydrogen-bond donors (Lipinski definition) is 2. The maximum absolute atomic E-state index is 10.4. The molecule has 0 saturated heterocycles. The molecule has 1 heterocycles. The van der Waals surface area contributed by atoms with Crippen molar-refractivity contribution in [3.8, 4) is 0 Å². The molecule has 0 aliphatic heterocycles. The van der Waals surface area contributed by atoms with Crippen molar-refractivity contribution in [1.82, 2.24) is 9.97 Å². The van der Waals surface area contributed by atoms with Crippen LogP contribution in [0.2, 0.25) is 0 Å². The molecule has 1 aromatic rings. The van der Waals surface area contributed by atoms with Crippen LogP contribution in [0, 0.1) is 0 Å². The van der Waals surface area contributed by atoms with Crippen molar-refractivity contribution in [2.75, 3.05) is 5.73 Å². The largest absolute Gasteiger partial charge is 0.481 e. The van der Waals surface area contributed by atoms with Crippen molar-refractivity contribution in [1.29, 1.82) is 0 Å². The predicted molar refractivity (Wildman–Crippen MR) is 54.4 cm³/mol. The normalized spacial score (nSPS) is 15.2. The van der Waals surface area contributed by atoms with E-state index < -0.39 is 5.97 Å². The minimum atomic E-state index is -0.819. The van der Waals surface area contributed by atoms with E-state index >= 15 is 0 Å². The first kappa shape index (κ1) is 9.89. The van der Waals surface area contributed by atoms with Crippen molar-refractivity contribution in [3.05, 3.63) is 17.6 Å². The van der Waals surface area contributed by atoms with Crippen LogP contribution in [-0.4, -0.2) is 21.0 Å². The molecule has 3 N–H and O–H groups in total. The molecule has 0 amide bonds. The van der Waals surface area contributed by atoms with Gasteiger partial charge >= 0.3 is 5.97 Å². The summed E-state index contributed by atoms with van der Waals surface area (Å²) in [5.74, 6) is 0.833. The summed E-state index contributed by atoms with van der Waals surface area (Å²) in [6.07, 6.45) is 2.73. The van der Waals surface area contributed by atoms with Crippen LogP contribution in [-0.2, 0) is 11.2 Å². The lowest BCUT2D eigenvalue weighted by molar-refractivity contribution is -0.136. The number of aryl methyl sites for hydroxylation is 1. The van der Waals surface area contributed by atoms with Gasteiger partial charge in [-0.3, -0.25) is 4.79 Å². The maximum Gasteiger partial charge on any atom is 0.303 e. The van der Waals surface area contributed by atoms with Gasteiger partial charge in [0.1, 0.15) is 11.6 Å². The fourth-order valence-corrected chi connectivity index (χ4v) is 1.43. The number of carbonyl (C=O) groups is 1. The number of hydrogen-bond acceptors (Lipinski definition) is 4. The Labute approximate surface area is 87.4 Å². The maximum atomic E-state index is 10.4.